The molecular formula is C10H12N4OS. The van der Waals surface area contributed by atoms with Crippen molar-refractivity contribution < 1.29 is 0 Å². The first-order valence-corrected chi connectivity index (χ1v) is 5.88. The Morgan fingerprint density at radius 1 is 1.44 bits per heavy atom. The number of aromatic nitrogens is 3. The molecular weight excluding hydrogens is 224 g/mol. The molecule has 0 aliphatic carbocycles. The molecule has 2 N–H and O–H groups in total. The van der Waals surface area contributed by atoms with Crippen LogP contribution in [0.4, 0.5) is 5.13 Å². The van der Waals surface area contributed by atoms with Crippen molar-refractivity contribution in [1.29, 1.82) is 0 Å². The summed E-state index contributed by atoms with van der Waals surface area (Å²) in [6, 6.07) is 3.18. The highest BCUT2D eigenvalue weighted by Gasteiger charge is 2.06. The number of anilines is 1. The Balaban J connectivity index is 2.43. The van der Waals surface area contributed by atoms with Gasteiger partial charge >= 0.3 is 0 Å². The number of hydrogen-bond acceptors (Lipinski definition) is 5. The Kier molecular flexibility index (Phi) is 3.00. The molecule has 0 saturated carbocycles. The smallest absolute Gasteiger partial charge is 0.266 e. The summed E-state index contributed by atoms with van der Waals surface area (Å²) in [6.07, 6.45) is 0.871. The van der Waals surface area contributed by atoms with Gasteiger partial charge in [-0.1, -0.05) is 6.92 Å². The summed E-state index contributed by atoms with van der Waals surface area (Å²) in [6.45, 7) is 2.62. The van der Waals surface area contributed by atoms with Gasteiger partial charge in [0.25, 0.3) is 5.56 Å². The summed E-state index contributed by atoms with van der Waals surface area (Å²) in [5, 5.41) is 6.57. The fraction of sp³-hybridized carbons (Fsp3) is 0.300. The van der Waals surface area contributed by atoms with E-state index in [2.05, 4.69) is 10.1 Å². The predicted octanol–water partition coefficient (Wildman–Crippen LogP) is 1.36. The van der Waals surface area contributed by atoms with E-state index in [0.29, 0.717) is 23.1 Å². The largest absolute Gasteiger partial charge is 0.375 e. The van der Waals surface area contributed by atoms with Crippen LogP contribution in [0.3, 0.4) is 0 Å². The van der Waals surface area contributed by atoms with Crippen molar-refractivity contribution in [2.45, 2.75) is 19.9 Å². The van der Waals surface area contributed by atoms with Gasteiger partial charge < -0.3 is 5.73 Å². The zero-order valence-electron chi connectivity index (χ0n) is 8.88. The topological polar surface area (TPSA) is 73.8 Å². The van der Waals surface area contributed by atoms with Crippen LogP contribution >= 0.6 is 11.3 Å². The lowest BCUT2D eigenvalue weighted by Gasteiger charge is -2.03. The fourth-order valence-electron chi connectivity index (χ4n) is 1.36. The van der Waals surface area contributed by atoms with Crippen LogP contribution in [0.25, 0.3) is 11.4 Å². The second-order valence-electron chi connectivity index (χ2n) is 3.35. The zero-order chi connectivity index (χ0) is 11.5. The van der Waals surface area contributed by atoms with Gasteiger partial charge in [-0.3, -0.25) is 4.79 Å². The fourth-order valence-corrected chi connectivity index (χ4v) is 1.92. The van der Waals surface area contributed by atoms with Gasteiger partial charge in [0, 0.05) is 18.0 Å². The summed E-state index contributed by atoms with van der Waals surface area (Å²) in [5.41, 5.74) is 6.86. The molecule has 0 aliphatic heterocycles. The number of rotatable bonds is 3. The van der Waals surface area contributed by atoms with E-state index in [4.69, 9.17) is 5.73 Å². The molecule has 0 bridgehead atoms. The first kappa shape index (κ1) is 10.8. The average molecular weight is 236 g/mol. The highest BCUT2D eigenvalue weighted by Crippen LogP contribution is 2.19. The highest BCUT2D eigenvalue weighted by molar-refractivity contribution is 7.13. The van der Waals surface area contributed by atoms with Crippen LogP contribution in [0.1, 0.15) is 13.3 Å². The normalized spacial score (nSPS) is 10.6. The standard InChI is InChI=1S/C10H12N4OS/c1-2-5-14-9(15)4-3-7(13-14)8-6-16-10(11)12-8/h3-4,6H,2,5H2,1H3,(H2,11,12). The summed E-state index contributed by atoms with van der Waals surface area (Å²) in [7, 11) is 0. The van der Waals surface area contributed by atoms with E-state index in [-0.39, 0.29) is 5.56 Å². The molecule has 0 atom stereocenters. The van der Waals surface area contributed by atoms with Crippen LogP contribution in [-0.2, 0) is 6.54 Å². The Morgan fingerprint density at radius 2 is 2.25 bits per heavy atom. The molecule has 2 aromatic rings. The highest BCUT2D eigenvalue weighted by atomic mass is 32.1. The molecule has 0 radical (unpaired) electrons. The third-order valence-corrected chi connectivity index (χ3v) is 2.76. The number of nitrogens with two attached hydrogens (primary N) is 1. The maximum absolute atomic E-state index is 11.5. The van der Waals surface area contributed by atoms with E-state index in [9.17, 15) is 4.79 Å². The third-order valence-electron chi connectivity index (χ3n) is 2.09. The Hall–Kier alpha value is -1.69. The lowest BCUT2D eigenvalue weighted by atomic mass is 10.3. The zero-order valence-corrected chi connectivity index (χ0v) is 9.70. The minimum atomic E-state index is -0.0891. The van der Waals surface area contributed by atoms with Crippen molar-refractivity contribution in [2.24, 2.45) is 0 Å². The molecule has 0 aliphatic rings. The van der Waals surface area contributed by atoms with E-state index in [1.54, 1.807) is 6.07 Å². The van der Waals surface area contributed by atoms with Crippen molar-refractivity contribution in [3.05, 3.63) is 27.9 Å². The summed E-state index contributed by atoms with van der Waals surface area (Å²) in [4.78, 5) is 15.6. The molecule has 2 aromatic heterocycles. The Labute approximate surface area is 96.6 Å². The van der Waals surface area contributed by atoms with Crippen molar-refractivity contribution in [2.75, 3.05) is 5.73 Å². The summed E-state index contributed by atoms with van der Waals surface area (Å²) >= 11 is 1.36. The SMILES string of the molecule is CCCn1nc(-c2csc(N)n2)ccc1=O. The average Bonchev–Trinajstić information content (AvgIpc) is 2.69. The molecule has 5 nitrogen and oxygen atoms in total. The van der Waals surface area contributed by atoms with Gasteiger partial charge in [-0.25, -0.2) is 9.67 Å². The maximum atomic E-state index is 11.5. The molecule has 6 heteroatoms. The molecule has 2 rings (SSSR count). The molecule has 0 unspecified atom stereocenters. The van der Waals surface area contributed by atoms with E-state index >= 15 is 0 Å². The Morgan fingerprint density at radius 3 is 2.88 bits per heavy atom. The van der Waals surface area contributed by atoms with Crippen LogP contribution in [0.2, 0.25) is 0 Å². The summed E-state index contributed by atoms with van der Waals surface area (Å²) < 4.78 is 1.45. The van der Waals surface area contributed by atoms with Crippen molar-refractivity contribution >= 4 is 16.5 Å². The van der Waals surface area contributed by atoms with Crippen LogP contribution in [0.5, 0.6) is 0 Å². The molecule has 0 amide bonds. The van der Waals surface area contributed by atoms with Gasteiger partial charge in [0.15, 0.2) is 5.13 Å². The number of thiazole rings is 1. The lowest BCUT2D eigenvalue weighted by molar-refractivity contribution is 0.570. The molecule has 84 valence electrons. The van der Waals surface area contributed by atoms with Gasteiger partial charge in [0.1, 0.15) is 11.4 Å². The van der Waals surface area contributed by atoms with Crippen LogP contribution in [0.15, 0.2) is 22.3 Å². The molecule has 2 heterocycles. The van der Waals surface area contributed by atoms with Crippen LogP contribution < -0.4 is 11.3 Å². The van der Waals surface area contributed by atoms with E-state index < -0.39 is 0 Å². The molecule has 0 fully saturated rings. The van der Waals surface area contributed by atoms with Crippen molar-refractivity contribution in [1.82, 2.24) is 14.8 Å². The minimum Gasteiger partial charge on any atom is -0.375 e. The lowest BCUT2D eigenvalue weighted by Crippen LogP contribution is -2.21. The number of aryl methyl sites for hydroxylation is 1. The molecule has 0 aromatic carbocycles. The van der Waals surface area contributed by atoms with Gasteiger partial charge in [0.2, 0.25) is 0 Å². The first-order chi connectivity index (χ1) is 7.70. The quantitative estimate of drug-likeness (QED) is 0.873. The van der Waals surface area contributed by atoms with Gasteiger partial charge in [-0.2, -0.15) is 5.10 Å². The third kappa shape index (κ3) is 2.11. The van der Waals surface area contributed by atoms with Gasteiger partial charge in [0.05, 0.1) is 0 Å². The summed E-state index contributed by atoms with van der Waals surface area (Å²) in [5.74, 6) is 0. The number of hydrogen-bond donors (Lipinski definition) is 1. The number of nitrogens with zero attached hydrogens (tertiary/aromatic N) is 3. The van der Waals surface area contributed by atoms with Crippen molar-refractivity contribution in [3.63, 3.8) is 0 Å². The second-order valence-corrected chi connectivity index (χ2v) is 4.24. The van der Waals surface area contributed by atoms with E-state index in [1.807, 2.05) is 12.3 Å². The van der Waals surface area contributed by atoms with Gasteiger partial charge in [-0.05, 0) is 12.5 Å². The minimum absolute atomic E-state index is 0.0891. The van der Waals surface area contributed by atoms with Crippen molar-refractivity contribution in [3.8, 4) is 11.4 Å². The van der Waals surface area contributed by atoms with Crippen LogP contribution in [-0.4, -0.2) is 14.8 Å². The Bertz CT molecular complexity index is 546. The first-order valence-electron chi connectivity index (χ1n) is 5.00. The monoisotopic (exact) mass is 236 g/mol. The second kappa shape index (κ2) is 4.44. The van der Waals surface area contributed by atoms with Crippen LogP contribution in [0, 0.1) is 0 Å². The maximum Gasteiger partial charge on any atom is 0.266 e. The van der Waals surface area contributed by atoms with Gasteiger partial charge in [-0.15, -0.1) is 11.3 Å². The predicted molar refractivity (Wildman–Crippen MR) is 64.3 cm³/mol. The molecule has 16 heavy (non-hydrogen) atoms. The number of nitrogen functional groups attached to an aromatic ring is 1. The molecule has 0 spiro atoms. The molecule has 0 saturated heterocycles. The van der Waals surface area contributed by atoms with E-state index in [0.717, 1.165) is 6.42 Å². The van der Waals surface area contributed by atoms with E-state index in [1.165, 1.54) is 22.1 Å².